The third kappa shape index (κ3) is 5.58. The van der Waals surface area contributed by atoms with Crippen molar-refractivity contribution in [2.24, 2.45) is 0 Å². The van der Waals surface area contributed by atoms with Gasteiger partial charge in [-0.2, -0.15) is 0 Å². The molecule has 0 aromatic heterocycles. The minimum atomic E-state index is -3.74. The summed E-state index contributed by atoms with van der Waals surface area (Å²) in [5.41, 5.74) is 1.32. The predicted octanol–water partition coefficient (Wildman–Crippen LogP) is 5.34. The highest BCUT2D eigenvalue weighted by atomic mass is 35.5. The number of nitrogens with zero attached hydrogens (tertiary/aromatic N) is 1. The molecule has 0 bridgehead atoms. The van der Waals surface area contributed by atoms with Gasteiger partial charge in [0.25, 0.3) is 15.9 Å². The molecule has 32 heavy (non-hydrogen) atoms. The quantitative estimate of drug-likeness (QED) is 0.440. The molecule has 2 N–H and O–H groups in total. The fourth-order valence-corrected chi connectivity index (χ4v) is 5.11. The number of hydrogen-bond donors (Lipinski definition) is 2. The largest absolute Gasteiger partial charge is 0.332 e. The zero-order chi connectivity index (χ0) is 23.3. The van der Waals surface area contributed by atoms with E-state index in [-0.39, 0.29) is 27.1 Å². The highest BCUT2D eigenvalue weighted by molar-refractivity contribution is 7.92. The van der Waals surface area contributed by atoms with Crippen LogP contribution in [0.1, 0.15) is 17.3 Å². The van der Waals surface area contributed by atoms with Gasteiger partial charge in [0.1, 0.15) is 0 Å². The Morgan fingerprint density at radius 1 is 1.00 bits per heavy atom. The lowest BCUT2D eigenvalue weighted by Crippen LogP contribution is -2.34. The molecule has 0 aliphatic carbocycles. The molecule has 0 unspecified atom stereocenters. The van der Waals surface area contributed by atoms with Crippen LogP contribution >= 0.6 is 35.4 Å². The average molecular weight is 508 g/mol. The number of para-hydroxylation sites is 1. The summed E-state index contributed by atoms with van der Waals surface area (Å²) in [4.78, 5) is 12.5. The van der Waals surface area contributed by atoms with Crippen molar-refractivity contribution in [2.45, 2.75) is 11.8 Å². The normalized spacial score (nSPS) is 11.0. The second kappa shape index (κ2) is 10.3. The third-order valence-electron chi connectivity index (χ3n) is 4.43. The molecule has 3 aromatic carbocycles. The second-order valence-electron chi connectivity index (χ2n) is 6.56. The van der Waals surface area contributed by atoms with E-state index in [0.29, 0.717) is 16.4 Å². The summed E-state index contributed by atoms with van der Waals surface area (Å²) in [6.45, 7) is 2.06. The zero-order valence-corrected chi connectivity index (χ0v) is 20.0. The first kappa shape index (κ1) is 24.0. The Balaban J connectivity index is 1.70. The van der Waals surface area contributed by atoms with Crippen molar-refractivity contribution in [1.82, 2.24) is 5.32 Å². The van der Waals surface area contributed by atoms with Crippen LogP contribution in [0.4, 0.5) is 11.4 Å². The molecule has 10 heteroatoms. The predicted molar refractivity (Wildman–Crippen MR) is 133 cm³/mol. The lowest BCUT2D eigenvalue weighted by atomic mass is 10.2. The molecule has 0 spiro atoms. The number of halogens is 2. The van der Waals surface area contributed by atoms with Gasteiger partial charge in [0, 0.05) is 17.3 Å². The molecule has 0 fully saturated rings. The number of hydrogen-bond acceptors (Lipinski definition) is 4. The van der Waals surface area contributed by atoms with Crippen molar-refractivity contribution in [3.05, 3.63) is 88.4 Å². The first-order valence-electron chi connectivity index (χ1n) is 9.47. The van der Waals surface area contributed by atoms with E-state index in [4.69, 9.17) is 35.4 Å². The lowest BCUT2D eigenvalue weighted by Gasteiger charge is -2.23. The van der Waals surface area contributed by atoms with Gasteiger partial charge in [0.05, 0.1) is 21.2 Å². The smallest absolute Gasteiger partial charge is 0.264 e. The average Bonchev–Trinajstić information content (AvgIpc) is 2.75. The molecule has 0 saturated heterocycles. The maximum atomic E-state index is 13.1. The Hall–Kier alpha value is -2.65. The standard InChI is InChI=1S/C22H19Cl2N3O3S2/c1-2-27(17-6-4-3-5-7-17)32(29,30)18-11-9-16(10-12-18)25-22(31)26-21(28)19-13-8-15(23)14-20(19)24/h3-14H,2H2,1H3,(H2,25,26,28,31). The number of rotatable bonds is 6. The van der Waals surface area contributed by atoms with Crippen LogP contribution in [0, 0.1) is 0 Å². The number of carbonyl (C=O) groups excluding carboxylic acids is 1. The Morgan fingerprint density at radius 2 is 1.66 bits per heavy atom. The minimum absolute atomic E-state index is 0.0381. The van der Waals surface area contributed by atoms with E-state index >= 15 is 0 Å². The summed E-state index contributed by atoms with van der Waals surface area (Å²) >= 11 is 17.1. The molecular formula is C22H19Cl2N3O3S2. The Morgan fingerprint density at radius 3 is 2.25 bits per heavy atom. The topological polar surface area (TPSA) is 78.5 Å². The third-order valence-corrected chi connectivity index (χ3v) is 7.10. The molecule has 0 heterocycles. The van der Waals surface area contributed by atoms with Crippen molar-refractivity contribution in [3.8, 4) is 0 Å². The summed E-state index contributed by atoms with van der Waals surface area (Å²) in [5.74, 6) is -0.496. The van der Waals surface area contributed by atoms with E-state index in [1.54, 1.807) is 49.4 Å². The summed E-state index contributed by atoms with van der Waals surface area (Å²) in [7, 11) is -3.74. The molecule has 6 nitrogen and oxygen atoms in total. The molecular weight excluding hydrogens is 489 g/mol. The van der Waals surface area contributed by atoms with Gasteiger partial charge < -0.3 is 5.32 Å². The molecule has 3 aromatic rings. The van der Waals surface area contributed by atoms with Crippen LogP contribution in [0.5, 0.6) is 0 Å². The maximum Gasteiger partial charge on any atom is 0.264 e. The minimum Gasteiger partial charge on any atom is -0.332 e. The lowest BCUT2D eigenvalue weighted by molar-refractivity contribution is 0.0978. The van der Waals surface area contributed by atoms with Crippen LogP contribution in [-0.4, -0.2) is 26.0 Å². The number of amides is 1. The molecule has 0 aliphatic heterocycles. The molecule has 0 aliphatic rings. The molecule has 166 valence electrons. The maximum absolute atomic E-state index is 13.1. The van der Waals surface area contributed by atoms with Crippen LogP contribution in [0.25, 0.3) is 0 Å². The van der Waals surface area contributed by atoms with Gasteiger partial charge in [0.15, 0.2) is 5.11 Å². The van der Waals surface area contributed by atoms with Crippen LogP contribution in [0.2, 0.25) is 10.0 Å². The van der Waals surface area contributed by atoms with Gasteiger partial charge in [-0.25, -0.2) is 8.42 Å². The molecule has 3 rings (SSSR count). The van der Waals surface area contributed by atoms with Gasteiger partial charge in [-0.15, -0.1) is 0 Å². The van der Waals surface area contributed by atoms with Crippen molar-refractivity contribution in [2.75, 3.05) is 16.2 Å². The summed E-state index contributed by atoms with van der Waals surface area (Å²) in [6.07, 6.45) is 0. The van der Waals surface area contributed by atoms with Crippen LogP contribution in [-0.2, 0) is 10.0 Å². The van der Waals surface area contributed by atoms with Crippen molar-refractivity contribution < 1.29 is 13.2 Å². The van der Waals surface area contributed by atoms with Crippen molar-refractivity contribution in [3.63, 3.8) is 0 Å². The zero-order valence-electron chi connectivity index (χ0n) is 16.9. The first-order valence-corrected chi connectivity index (χ1v) is 12.1. The van der Waals surface area contributed by atoms with E-state index < -0.39 is 15.9 Å². The number of anilines is 2. The van der Waals surface area contributed by atoms with E-state index in [1.807, 2.05) is 6.07 Å². The number of nitrogens with one attached hydrogen (secondary N) is 2. The Labute approximate surface area is 202 Å². The van der Waals surface area contributed by atoms with Gasteiger partial charge in [-0.05, 0) is 73.7 Å². The van der Waals surface area contributed by atoms with Gasteiger partial charge in [0.2, 0.25) is 0 Å². The SMILES string of the molecule is CCN(c1ccccc1)S(=O)(=O)c1ccc(NC(=S)NC(=O)c2ccc(Cl)cc2Cl)cc1. The van der Waals surface area contributed by atoms with Gasteiger partial charge in [-0.1, -0.05) is 41.4 Å². The van der Waals surface area contributed by atoms with Gasteiger partial charge in [-0.3, -0.25) is 14.4 Å². The van der Waals surface area contributed by atoms with Crippen LogP contribution in [0.3, 0.4) is 0 Å². The first-order chi connectivity index (χ1) is 15.2. The molecule has 0 radical (unpaired) electrons. The molecule has 0 atom stereocenters. The monoisotopic (exact) mass is 507 g/mol. The number of benzene rings is 3. The number of carbonyl (C=O) groups is 1. The second-order valence-corrected chi connectivity index (χ2v) is 9.68. The van der Waals surface area contributed by atoms with E-state index in [2.05, 4.69) is 10.6 Å². The van der Waals surface area contributed by atoms with Crippen LogP contribution < -0.4 is 14.9 Å². The fourth-order valence-electron chi connectivity index (χ4n) is 2.93. The van der Waals surface area contributed by atoms with Crippen LogP contribution in [0.15, 0.2) is 77.7 Å². The Bertz CT molecular complexity index is 1240. The Kier molecular flexibility index (Phi) is 7.73. The highest BCUT2D eigenvalue weighted by Gasteiger charge is 2.23. The van der Waals surface area contributed by atoms with Crippen molar-refractivity contribution >= 4 is 67.8 Å². The van der Waals surface area contributed by atoms with Gasteiger partial charge >= 0.3 is 0 Å². The molecule has 0 saturated carbocycles. The summed E-state index contributed by atoms with van der Waals surface area (Å²) in [6, 6.07) is 19.5. The summed E-state index contributed by atoms with van der Waals surface area (Å²) in [5, 5.41) is 6.03. The van der Waals surface area contributed by atoms with E-state index in [0.717, 1.165) is 0 Å². The molecule has 1 amide bonds. The van der Waals surface area contributed by atoms with Crippen molar-refractivity contribution in [1.29, 1.82) is 0 Å². The number of thiocarbonyl (C=S) groups is 1. The summed E-state index contributed by atoms with van der Waals surface area (Å²) < 4.78 is 27.4. The highest BCUT2D eigenvalue weighted by Crippen LogP contribution is 2.24. The number of sulfonamides is 1. The fraction of sp³-hybridized carbons (Fsp3) is 0.0909. The van der Waals surface area contributed by atoms with E-state index in [9.17, 15) is 13.2 Å². The van der Waals surface area contributed by atoms with E-state index in [1.165, 1.54) is 28.6 Å².